The van der Waals surface area contributed by atoms with E-state index in [1.165, 1.54) is 0 Å². The molecule has 0 aliphatic rings. The summed E-state index contributed by atoms with van der Waals surface area (Å²) < 4.78 is 1.89. The lowest BCUT2D eigenvalue weighted by molar-refractivity contribution is 0.100. The molecule has 0 saturated carbocycles. The predicted octanol–water partition coefficient (Wildman–Crippen LogP) is 2.67. The Bertz CT molecular complexity index is 593. The van der Waals surface area contributed by atoms with E-state index < -0.39 is 0 Å². The molecule has 0 saturated heterocycles. The van der Waals surface area contributed by atoms with Crippen molar-refractivity contribution in [3.8, 4) is 0 Å². The third-order valence-electron chi connectivity index (χ3n) is 2.47. The first kappa shape index (κ1) is 10.3. The van der Waals surface area contributed by atoms with E-state index in [2.05, 4.69) is 10.0 Å². The van der Waals surface area contributed by atoms with Crippen LogP contribution in [0.1, 0.15) is 10.4 Å². The van der Waals surface area contributed by atoms with E-state index in [1.54, 1.807) is 6.20 Å². The molecule has 2 rings (SSSR count). The lowest BCUT2D eigenvalue weighted by Crippen LogP contribution is -2.01. The zero-order valence-corrected chi connectivity index (χ0v) is 8.79. The topological polar surface area (TPSA) is 70.8 Å². The maximum atomic E-state index is 11.8. The number of Topliss-reactive ketones (excluding diaryl/α,β-unsaturated/α-hetero) is 1. The second-order valence-corrected chi connectivity index (χ2v) is 3.48. The Balaban J connectivity index is 2.52. The first-order chi connectivity index (χ1) is 7.74. The molecule has 1 heterocycles. The summed E-state index contributed by atoms with van der Waals surface area (Å²) >= 11 is 0. The molecular formula is C11H10N4O. The van der Waals surface area contributed by atoms with Crippen molar-refractivity contribution in [1.82, 2.24) is 4.57 Å². The van der Waals surface area contributed by atoms with Crippen molar-refractivity contribution in [1.29, 1.82) is 0 Å². The molecule has 1 aromatic carbocycles. The fraction of sp³-hybridized carbons (Fsp3) is 0.182. The highest BCUT2D eigenvalue weighted by atomic mass is 16.1. The molecule has 0 spiro atoms. The second kappa shape index (κ2) is 4.08. The van der Waals surface area contributed by atoms with Crippen molar-refractivity contribution < 1.29 is 4.79 Å². The normalized spacial score (nSPS) is 10.1. The van der Waals surface area contributed by atoms with Crippen LogP contribution in [0.2, 0.25) is 0 Å². The number of nitrogens with zero attached hydrogens (tertiary/aromatic N) is 4. The molecule has 0 unspecified atom stereocenters. The highest BCUT2D eigenvalue weighted by Gasteiger charge is 2.12. The van der Waals surface area contributed by atoms with Crippen molar-refractivity contribution in [2.75, 3.05) is 6.54 Å². The first-order valence-electron chi connectivity index (χ1n) is 4.82. The summed E-state index contributed by atoms with van der Waals surface area (Å²) in [5.74, 6) is -0.158. The molecule has 0 aliphatic heterocycles. The van der Waals surface area contributed by atoms with Gasteiger partial charge in [0.2, 0.25) is 0 Å². The Hall–Kier alpha value is -2.26. The van der Waals surface area contributed by atoms with Gasteiger partial charge in [0.15, 0.2) is 5.78 Å². The van der Waals surface area contributed by atoms with E-state index in [9.17, 15) is 4.79 Å². The van der Waals surface area contributed by atoms with Crippen LogP contribution in [-0.4, -0.2) is 16.9 Å². The van der Waals surface area contributed by atoms with Gasteiger partial charge in [-0.15, -0.1) is 0 Å². The molecule has 16 heavy (non-hydrogen) atoms. The molecule has 0 fully saturated rings. The molecule has 0 radical (unpaired) electrons. The maximum Gasteiger partial charge on any atom is 0.170 e. The number of hydrogen-bond donors (Lipinski definition) is 0. The largest absolute Gasteiger partial charge is 0.350 e. The number of ketones is 1. The van der Waals surface area contributed by atoms with Gasteiger partial charge in [0.1, 0.15) is 0 Å². The van der Waals surface area contributed by atoms with E-state index in [4.69, 9.17) is 5.53 Å². The summed E-state index contributed by atoms with van der Waals surface area (Å²) in [4.78, 5) is 14.3. The quantitative estimate of drug-likeness (QED) is 0.335. The molecule has 2 aromatic rings. The number of aryl methyl sites for hydroxylation is 1. The van der Waals surface area contributed by atoms with Crippen LogP contribution >= 0.6 is 0 Å². The molecule has 1 aromatic heterocycles. The van der Waals surface area contributed by atoms with Crippen molar-refractivity contribution in [3.63, 3.8) is 0 Å². The van der Waals surface area contributed by atoms with Crippen molar-refractivity contribution >= 4 is 16.7 Å². The molecule has 0 amide bonds. The molecule has 5 heteroatoms. The number of para-hydroxylation sites is 1. The fourth-order valence-corrected chi connectivity index (χ4v) is 1.74. The van der Waals surface area contributed by atoms with Gasteiger partial charge in [-0.3, -0.25) is 4.79 Å². The Morgan fingerprint density at radius 1 is 1.50 bits per heavy atom. The van der Waals surface area contributed by atoms with Gasteiger partial charge in [-0.1, -0.05) is 23.3 Å². The molecule has 0 aliphatic carbocycles. The number of fused-ring (bicyclic) bond motifs is 1. The summed E-state index contributed by atoms with van der Waals surface area (Å²) in [5, 5.41) is 4.18. The van der Waals surface area contributed by atoms with Crippen LogP contribution in [-0.2, 0) is 7.05 Å². The Kier molecular flexibility index (Phi) is 2.62. The Labute approximate surface area is 91.9 Å². The summed E-state index contributed by atoms with van der Waals surface area (Å²) in [6.45, 7) is -0.134. The Morgan fingerprint density at radius 3 is 3.00 bits per heavy atom. The minimum absolute atomic E-state index is 0.134. The van der Waals surface area contributed by atoms with Crippen LogP contribution in [0, 0.1) is 0 Å². The van der Waals surface area contributed by atoms with Crippen LogP contribution in [0.15, 0.2) is 35.6 Å². The number of hydrogen-bond acceptors (Lipinski definition) is 2. The summed E-state index contributed by atoms with van der Waals surface area (Å²) in [6.07, 6.45) is 1.76. The number of carbonyl (C=O) groups is 1. The van der Waals surface area contributed by atoms with Gasteiger partial charge in [-0.2, -0.15) is 0 Å². The SMILES string of the molecule is Cn1cc(C(=O)CN=[N+]=[N-])c2ccccc21. The number of benzene rings is 1. The van der Waals surface area contributed by atoms with Gasteiger partial charge >= 0.3 is 0 Å². The van der Waals surface area contributed by atoms with Crippen molar-refractivity contribution in [3.05, 3.63) is 46.5 Å². The average Bonchev–Trinajstić information content (AvgIpc) is 2.65. The van der Waals surface area contributed by atoms with Crippen LogP contribution in [0.4, 0.5) is 0 Å². The first-order valence-corrected chi connectivity index (χ1v) is 4.82. The minimum Gasteiger partial charge on any atom is -0.350 e. The standard InChI is InChI=1S/C11H10N4O/c1-15-7-9(11(16)6-13-14-12)8-4-2-3-5-10(8)15/h2-5,7H,6H2,1H3. The third kappa shape index (κ3) is 1.64. The molecule has 0 atom stereocenters. The van der Waals surface area contributed by atoms with Gasteiger partial charge < -0.3 is 4.57 Å². The number of carbonyl (C=O) groups excluding carboxylic acids is 1. The summed E-state index contributed by atoms with van der Waals surface area (Å²) in [6, 6.07) is 7.63. The van der Waals surface area contributed by atoms with Crippen molar-refractivity contribution in [2.45, 2.75) is 0 Å². The van der Waals surface area contributed by atoms with Gasteiger partial charge in [0, 0.05) is 34.6 Å². The molecule has 0 bridgehead atoms. The average molecular weight is 214 g/mol. The van der Waals surface area contributed by atoms with E-state index in [0.717, 1.165) is 10.9 Å². The molecular weight excluding hydrogens is 204 g/mol. The number of azide groups is 1. The van der Waals surface area contributed by atoms with E-state index >= 15 is 0 Å². The highest BCUT2D eigenvalue weighted by Crippen LogP contribution is 2.20. The lowest BCUT2D eigenvalue weighted by atomic mass is 10.1. The van der Waals surface area contributed by atoms with Gasteiger partial charge in [-0.25, -0.2) is 0 Å². The van der Waals surface area contributed by atoms with Crippen LogP contribution < -0.4 is 0 Å². The zero-order valence-electron chi connectivity index (χ0n) is 8.79. The lowest BCUT2D eigenvalue weighted by Gasteiger charge is -1.94. The predicted molar refractivity (Wildman–Crippen MR) is 61.3 cm³/mol. The van der Waals surface area contributed by atoms with Crippen LogP contribution in [0.3, 0.4) is 0 Å². The van der Waals surface area contributed by atoms with Gasteiger partial charge in [0.25, 0.3) is 0 Å². The smallest absolute Gasteiger partial charge is 0.170 e. The maximum absolute atomic E-state index is 11.8. The van der Waals surface area contributed by atoms with Crippen LogP contribution in [0.25, 0.3) is 21.3 Å². The minimum atomic E-state index is -0.158. The van der Waals surface area contributed by atoms with Gasteiger partial charge in [0.05, 0.1) is 6.54 Å². The third-order valence-corrected chi connectivity index (χ3v) is 2.47. The van der Waals surface area contributed by atoms with E-state index in [-0.39, 0.29) is 12.3 Å². The molecule has 5 nitrogen and oxygen atoms in total. The van der Waals surface area contributed by atoms with Crippen molar-refractivity contribution in [2.24, 2.45) is 12.2 Å². The number of aromatic nitrogens is 1. The second-order valence-electron chi connectivity index (χ2n) is 3.48. The van der Waals surface area contributed by atoms with Gasteiger partial charge in [-0.05, 0) is 11.6 Å². The molecule has 0 N–H and O–H groups in total. The zero-order chi connectivity index (χ0) is 11.5. The monoisotopic (exact) mass is 214 g/mol. The summed E-state index contributed by atoms with van der Waals surface area (Å²) in [7, 11) is 1.88. The van der Waals surface area contributed by atoms with E-state index in [1.807, 2.05) is 35.9 Å². The van der Waals surface area contributed by atoms with E-state index in [0.29, 0.717) is 5.56 Å². The fourth-order valence-electron chi connectivity index (χ4n) is 1.74. The molecule has 80 valence electrons. The van der Waals surface area contributed by atoms with Crippen LogP contribution in [0.5, 0.6) is 0 Å². The highest BCUT2D eigenvalue weighted by molar-refractivity contribution is 6.09. The number of rotatable bonds is 3. The summed E-state index contributed by atoms with van der Waals surface area (Å²) in [5.41, 5.74) is 9.78. The Morgan fingerprint density at radius 2 is 2.25 bits per heavy atom.